The van der Waals surface area contributed by atoms with Gasteiger partial charge in [-0.2, -0.15) is 0 Å². The summed E-state index contributed by atoms with van der Waals surface area (Å²) in [5.41, 5.74) is 0.547. The van der Waals surface area contributed by atoms with Gasteiger partial charge in [0.15, 0.2) is 0 Å². The number of nitrogens with one attached hydrogen (secondary N) is 2. The molecule has 0 spiro atoms. The van der Waals surface area contributed by atoms with E-state index in [1.807, 2.05) is 0 Å². The number of hydrogen-bond donors (Lipinski definition) is 3. The van der Waals surface area contributed by atoms with Crippen LogP contribution in [0.5, 0.6) is 0 Å². The fourth-order valence-corrected chi connectivity index (χ4v) is 1.42. The predicted molar refractivity (Wildman–Crippen MR) is 69.9 cm³/mol. The summed E-state index contributed by atoms with van der Waals surface area (Å²) in [5.74, 6) is -1.45. The van der Waals surface area contributed by atoms with Gasteiger partial charge in [0, 0.05) is 18.5 Å². The van der Waals surface area contributed by atoms with Gasteiger partial charge in [0.05, 0.1) is 0 Å². The molecule has 0 aliphatic rings. The molecule has 3 N–H and O–H groups in total. The highest BCUT2D eigenvalue weighted by atomic mass is 16.4. The Bertz CT molecular complexity index is 459. The normalized spacial score (nSPS) is 11.4. The second-order valence-corrected chi connectivity index (χ2v) is 3.95. The molecule has 6 nitrogen and oxygen atoms in total. The Morgan fingerprint density at radius 2 is 1.84 bits per heavy atom. The minimum atomic E-state index is -1.23. The van der Waals surface area contributed by atoms with E-state index in [9.17, 15) is 14.4 Å². The number of amides is 2. The van der Waals surface area contributed by atoms with E-state index in [0.717, 1.165) is 0 Å². The number of aliphatic carboxylic acids is 1. The minimum absolute atomic E-state index is 0.214. The van der Waals surface area contributed by atoms with E-state index in [1.165, 1.54) is 0 Å². The second kappa shape index (κ2) is 7.15. The fourth-order valence-electron chi connectivity index (χ4n) is 1.42. The summed E-state index contributed by atoms with van der Waals surface area (Å²) in [4.78, 5) is 33.8. The van der Waals surface area contributed by atoms with Crippen LogP contribution >= 0.6 is 0 Å². The van der Waals surface area contributed by atoms with Crippen LogP contribution < -0.4 is 10.6 Å². The summed E-state index contributed by atoms with van der Waals surface area (Å²) in [6.07, 6.45) is 0.0276. The summed E-state index contributed by atoms with van der Waals surface area (Å²) in [6.45, 7) is 1.64. The van der Waals surface area contributed by atoms with Crippen molar-refractivity contribution in [1.82, 2.24) is 5.32 Å². The largest absolute Gasteiger partial charge is 0.480 e. The molecule has 1 unspecified atom stereocenters. The molecule has 1 aromatic carbocycles. The zero-order valence-corrected chi connectivity index (χ0v) is 10.6. The molecule has 0 heterocycles. The third-order valence-electron chi connectivity index (χ3n) is 2.46. The summed E-state index contributed by atoms with van der Waals surface area (Å²) in [5, 5.41) is 13.7. The Hall–Kier alpha value is -2.37. The molecule has 1 aromatic rings. The van der Waals surface area contributed by atoms with E-state index >= 15 is 0 Å². The molecule has 2 amide bonds. The molecule has 1 atom stereocenters. The monoisotopic (exact) mass is 264 g/mol. The number of carbonyl (C=O) groups excluding carboxylic acids is 2. The van der Waals surface area contributed by atoms with Gasteiger partial charge >= 0.3 is 12.0 Å². The van der Waals surface area contributed by atoms with Gasteiger partial charge < -0.3 is 15.7 Å². The highest BCUT2D eigenvalue weighted by Gasteiger charge is 2.22. The number of anilines is 1. The molecule has 0 aliphatic heterocycles. The smallest absolute Gasteiger partial charge is 0.326 e. The molecule has 0 saturated heterocycles. The average Bonchev–Trinajstić information content (AvgIpc) is 2.38. The van der Waals surface area contributed by atoms with Crippen LogP contribution in [0, 0.1) is 0 Å². The van der Waals surface area contributed by atoms with E-state index < -0.39 is 18.0 Å². The maximum atomic E-state index is 11.6. The quantitative estimate of drug-likeness (QED) is 0.727. The number of carbonyl (C=O) groups is 3. The van der Waals surface area contributed by atoms with Crippen molar-refractivity contribution in [3.63, 3.8) is 0 Å². The average molecular weight is 264 g/mol. The third kappa shape index (κ3) is 5.20. The molecule has 102 valence electrons. The number of urea groups is 1. The van der Waals surface area contributed by atoms with Crippen molar-refractivity contribution in [1.29, 1.82) is 0 Å². The lowest BCUT2D eigenvalue weighted by Gasteiger charge is -2.14. The van der Waals surface area contributed by atoms with E-state index in [4.69, 9.17) is 5.11 Å². The zero-order valence-electron chi connectivity index (χ0n) is 10.6. The van der Waals surface area contributed by atoms with Crippen LogP contribution in [0.2, 0.25) is 0 Å². The Balaban J connectivity index is 2.57. The van der Waals surface area contributed by atoms with E-state index in [-0.39, 0.29) is 18.6 Å². The molecule has 0 bridgehead atoms. The van der Waals surface area contributed by atoms with Gasteiger partial charge in [-0.15, -0.1) is 0 Å². The maximum Gasteiger partial charge on any atom is 0.326 e. The first-order valence-corrected chi connectivity index (χ1v) is 5.90. The highest BCUT2D eigenvalue weighted by molar-refractivity contribution is 5.94. The van der Waals surface area contributed by atoms with Crippen LogP contribution in [-0.4, -0.2) is 28.9 Å². The van der Waals surface area contributed by atoms with Crippen LogP contribution in [0.15, 0.2) is 30.3 Å². The molecule has 0 saturated carbocycles. The number of carboxylic acid groups (broad SMARTS) is 1. The Kier molecular flexibility index (Phi) is 5.53. The van der Waals surface area contributed by atoms with Crippen LogP contribution in [0.4, 0.5) is 10.5 Å². The lowest BCUT2D eigenvalue weighted by molar-refractivity contribution is -0.140. The molecular weight excluding hydrogens is 248 g/mol. The highest BCUT2D eigenvalue weighted by Crippen LogP contribution is 2.05. The number of benzene rings is 1. The van der Waals surface area contributed by atoms with Crippen molar-refractivity contribution in [2.24, 2.45) is 0 Å². The van der Waals surface area contributed by atoms with E-state index in [2.05, 4.69) is 10.6 Å². The molecule has 19 heavy (non-hydrogen) atoms. The first-order chi connectivity index (χ1) is 9.02. The van der Waals surface area contributed by atoms with Crippen molar-refractivity contribution in [2.75, 3.05) is 5.32 Å². The van der Waals surface area contributed by atoms with Crippen LogP contribution in [-0.2, 0) is 9.59 Å². The first-order valence-electron chi connectivity index (χ1n) is 5.90. The lowest BCUT2D eigenvalue weighted by atomic mass is 10.1. The van der Waals surface area contributed by atoms with Gasteiger partial charge in [0.2, 0.25) is 0 Å². The molecule has 0 aromatic heterocycles. The predicted octanol–water partition coefficient (Wildman–Crippen LogP) is 1.63. The van der Waals surface area contributed by atoms with Gasteiger partial charge in [-0.3, -0.25) is 4.79 Å². The van der Waals surface area contributed by atoms with E-state index in [0.29, 0.717) is 5.69 Å². The standard InChI is InChI=1S/C13H16N2O4/c1-2-10(16)8-11(12(17)18)15-13(19)14-9-6-4-3-5-7-9/h3-7,11H,2,8H2,1H3,(H,17,18)(H2,14,15,19). The Labute approximate surface area is 110 Å². The van der Waals surface area contributed by atoms with Crippen molar-refractivity contribution in [3.05, 3.63) is 30.3 Å². The second-order valence-electron chi connectivity index (χ2n) is 3.95. The number of para-hydroxylation sites is 1. The Morgan fingerprint density at radius 3 is 2.37 bits per heavy atom. The number of ketones is 1. The fraction of sp³-hybridized carbons (Fsp3) is 0.308. The van der Waals surface area contributed by atoms with Crippen LogP contribution in [0.3, 0.4) is 0 Å². The third-order valence-corrected chi connectivity index (χ3v) is 2.46. The Morgan fingerprint density at radius 1 is 1.21 bits per heavy atom. The van der Waals surface area contributed by atoms with Crippen molar-refractivity contribution in [3.8, 4) is 0 Å². The van der Waals surface area contributed by atoms with Crippen molar-refractivity contribution < 1.29 is 19.5 Å². The number of carboxylic acids is 1. The van der Waals surface area contributed by atoms with Gasteiger partial charge in [0.1, 0.15) is 11.8 Å². The van der Waals surface area contributed by atoms with Gasteiger partial charge in [-0.05, 0) is 12.1 Å². The summed E-state index contributed by atoms with van der Waals surface area (Å²) >= 11 is 0. The van der Waals surface area contributed by atoms with Gasteiger partial charge in [-0.25, -0.2) is 9.59 Å². The summed E-state index contributed by atoms with van der Waals surface area (Å²) < 4.78 is 0. The zero-order chi connectivity index (χ0) is 14.3. The van der Waals surface area contributed by atoms with E-state index in [1.54, 1.807) is 37.3 Å². The molecule has 1 rings (SSSR count). The topological polar surface area (TPSA) is 95.5 Å². The summed E-state index contributed by atoms with van der Waals surface area (Å²) in [6, 6.07) is 6.76. The summed E-state index contributed by atoms with van der Waals surface area (Å²) in [7, 11) is 0. The number of Topliss-reactive ketones (excluding diaryl/α,β-unsaturated/α-hetero) is 1. The van der Waals surface area contributed by atoms with Crippen LogP contribution in [0.1, 0.15) is 19.8 Å². The van der Waals surface area contributed by atoms with Gasteiger partial charge in [0.25, 0.3) is 0 Å². The molecule has 0 fully saturated rings. The van der Waals surface area contributed by atoms with Crippen LogP contribution in [0.25, 0.3) is 0 Å². The SMILES string of the molecule is CCC(=O)CC(NC(=O)Nc1ccccc1)C(=O)O. The number of rotatable bonds is 6. The molecule has 6 heteroatoms. The molecular formula is C13H16N2O4. The molecule has 0 aliphatic carbocycles. The van der Waals surface area contributed by atoms with Crippen molar-refractivity contribution in [2.45, 2.75) is 25.8 Å². The maximum absolute atomic E-state index is 11.6. The molecule has 0 radical (unpaired) electrons. The van der Waals surface area contributed by atoms with Gasteiger partial charge in [-0.1, -0.05) is 25.1 Å². The lowest BCUT2D eigenvalue weighted by Crippen LogP contribution is -2.44. The number of hydrogen-bond acceptors (Lipinski definition) is 3. The first kappa shape index (κ1) is 14.7. The van der Waals surface area contributed by atoms with Crippen molar-refractivity contribution >= 4 is 23.5 Å². The minimum Gasteiger partial charge on any atom is -0.480 e.